The fourth-order valence-electron chi connectivity index (χ4n) is 13.2. The molecule has 104 heavy (non-hydrogen) atoms. The second-order valence-corrected chi connectivity index (χ2v) is 34.2. The first kappa shape index (κ1) is 102. The molecule has 19 heteroatoms. The predicted molar refractivity (Wildman–Crippen MR) is 428 cm³/mol. The Morgan fingerprint density at radius 2 is 0.490 bits per heavy atom. The number of aliphatic hydroxyl groups is 1. The van der Waals surface area contributed by atoms with Gasteiger partial charge < -0.3 is 33.8 Å². The minimum absolute atomic E-state index is 0.106. The van der Waals surface area contributed by atoms with Gasteiger partial charge in [0.15, 0.2) is 12.2 Å². The van der Waals surface area contributed by atoms with Gasteiger partial charge in [0.1, 0.15) is 19.3 Å². The molecule has 0 amide bonds. The standard InChI is InChI=1S/C85H166O17P2/c1-7-10-12-14-16-18-19-20-21-22-23-24-25-29-32-35-38-44-50-56-62-68-83(88)96-74-81(101-84(89)69-63-57-51-45-39-36-33-30-27-26-28-31-34-37-43-48-54-60-66-78(6)9-3)76-100-104(93,94)98-72-79(86)71-97-103(91,92)99-75-80(73-95-82(87)67-61-55-49-41-17-15-13-11-8-2)102-85(90)70-64-58-52-46-40-42-47-53-59-65-77(4)5/h77-81,86H,7-76H2,1-6H3,(H,91,92)(H,93,94)/t78?,79-,80+,81+/m0/s1. The summed E-state index contributed by atoms with van der Waals surface area (Å²) in [5.41, 5.74) is 0. The van der Waals surface area contributed by atoms with Crippen LogP contribution in [-0.4, -0.2) is 96.7 Å². The molecule has 6 atom stereocenters. The number of phosphoric acid groups is 2. The maximum atomic E-state index is 13.1. The Balaban J connectivity index is 5.18. The van der Waals surface area contributed by atoms with Gasteiger partial charge >= 0.3 is 39.5 Å². The quantitative estimate of drug-likeness (QED) is 0.0222. The van der Waals surface area contributed by atoms with Gasteiger partial charge in [0.05, 0.1) is 26.4 Å². The summed E-state index contributed by atoms with van der Waals surface area (Å²) in [6.45, 7) is 9.68. The highest BCUT2D eigenvalue weighted by Crippen LogP contribution is 2.45. The first-order chi connectivity index (χ1) is 50.4. The average Bonchev–Trinajstić information content (AvgIpc) is 0.904. The number of hydrogen-bond donors (Lipinski definition) is 3. The van der Waals surface area contributed by atoms with Gasteiger partial charge in [-0.05, 0) is 37.5 Å². The lowest BCUT2D eigenvalue weighted by Crippen LogP contribution is -2.30. The van der Waals surface area contributed by atoms with Gasteiger partial charge in [-0.2, -0.15) is 0 Å². The van der Waals surface area contributed by atoms with E-state index in [2.05, 4.69) is 41.5 Å². The molecule has 0 rings (SSSR count). The molecule has 0 saturated carbocycles. The monoisotopic (exact) mass is 1520 g/mol. The third-order valence-electron chi connectivity index (χ3n) is 20.3. The SMILES string of the molecule is CCCCCCCCCCCCCCCCCCCCCCCC(=O)OC[C@H](COP(=O)(O)OC[C@@H](O)COP(=O)(O)OC[C@@H](COC(=O)CCCCCCCCCCC)OC(=O)CCCCCCCCCCCC(C)C)OC(=O)CCCCCCCCCCCCCCCCCCCCC(C)CC. The van der Waals surface area contributed by atoms with Crippen molar-refractivity contribution in [2.75, 3.05) is 39.6 Å². The molecule has 0 bridgehead atoms. The van der Waals surface area contributed by atoms with Crippen molar-refractivity contribution in [3.05, 3.63) is 0 Å². The first-order valence-corrected chi connectivity index (χ1v) is 47.0. The van der Waals surface area contributed by atoms with Crippen molar-refractivity contribution in [3.8, 4) is 0 Å². The summed E-state index contributed by atoms with van der Waals surface area (Å²) in [6, 6.07) is 0. The molecule has 0 aromatic rings. The zero-order valence-electron chi connectivity index (χ0n) is 68.3. The lowest BCUT2D eigenvalue weighted by molar-refractivity contribution is -0.161. The van der Waals surface area contributed by atoms with Crippen molar-refractivity contribution in [1.82, 2.24) is 0 Å². The highest BCUT2D eigenvalue weighted by Gasteiger charge is 2.30. The van der Waals surface area contributed by atoms with E-state index in [1.165, 1.54) is 270 Å². The van der Waals surface area contributed by atoms with Crippen LogP contribution in [-0.2, 0) is 65.4 Å². The van der Waals surface area contributed by atoms with E-state index in [4.69, 9.17) is 37.0 Å². The minimum atomic E-state index is -4.96. The number of hydrogen-bond acceptors (Lipinski definition) is 15. The molecule has 0 fully saturated rings. The maximum Gasteiger partial charge on any atom is 0.472 e. The summed E-state index contributed by atoms with van der Waals surface area (Å²) in [6.07, 6.45) is 68.2. The van der Waals surface area contributed by atoms with E-state index < -0.39 is 97.5 Å². The maximum absolute atomic E-state index is 13.1. The zero-order chi connectivity index (χ0) is 76.4. The Kier molecular flexibility index (Phi) is 75.0. The van der Waals surface area contributed by atoms with Crippen molar-refractivity contribution in [2.24, 2.45) is 11.8 Å². The van der Waals surface area contributed by atoms with E-state index in [0.717, 1.165) is 102 Å². The first-order valence-electron chi connectivity index (χ1n) is 44.0. The van der Waals surface area contributed by atoms with Gasteiger partial charge in [0.2, 0.25) is 0 Å². The van der Waals surface area contributed by atoms with Crippen LogP contribution in [0.2, 0.25) is 0 Å². The third-order valence-corrected chi connectivity index (χ3v) is 22.2. The largest absolute Gasteiger partial charge is 0.472 e. The second-order valence-electron chi connectivity index (χ2n) is 31.3. The van der Waals surface area contributed by atoms with Gasteiger partial charge in [0, 0.05) is 25.7 Å². The molecule has 17 nitrogen and oxygen atoms in total. The molecule has 0 heterocycles. The Morgan fingerprint density at radius 3 is 0.731 bits per heavy atom. The number of carbonyl (C=O) groups is 4. The van der Waals surface area contributed by atoms with Crippen molar-refractivity contribution in [3.63, 3.8) is 0 Å². The van der Waals surface area contributed by atoms with Crippen LogP contribution in [0.1, 0.15) is 452 Å². The molecule has 3 N–H and O–H groups in total. The van der Waals surface area contributed by atoms with Crippen molar-refractivity contribution >= 4 is 39.5 Å². The number of esters is 4. The fourth-order valence-corrected chi connectivity index (χ4v) is 14.8. The van der Waals surface area contributed by atoms with Crippen LogP contribution < -0.4 is 0 Å². The van der Waals surface area contributed by atoms with E-state index in [9.17, 15) is 43.2 Å². The van der Waals surface area contributed by atoms with Gasteiger partial charge in [-0.25, -0.2) is 9.13 Å². The Hall–Kier alpha value is -1.94. The molecule has 0 aliphatic heterocycles. The van der Waals surface area contributed by atoms with Gasteiger partial charge in [-0.3, -0.25) is 37.3 Å². The lowest BCUT2D eigenvalue weighted by atomic mass is 9.99. The highest BCUT2D eigenvalue weighted by atomic mass is 31.2. The van der Waals surface area contributed by atoms with E-state index in [-0.39, 0.29) is 25.7 Å². The van der Waals surface area contributed by atoms with E-state index >= 15 is 0 Å². The van der Waals surface area contributed by atoms with Crippen LogP contribution in [0.3, 0.4) is 0 Å². The van der Waals surface area contributed by atoms with E-state index in [0.29, 0.717) is 25.7 Å². The Labute approximate surface area is 638 Å². The van der Waals surface area contributed by atoms with Crippen LogP contribution >= 0.6 is 15.6 Å². The van der Waals surface area contributed by atoms with Crippen molar-refractivity contribution in [2.45, 2.75) is 471 Å². The van der Waals surface area contributed by atoms with Gasteiger partial charge in [-0.15, -0.1) is 0 Å². The van der Waals surface area contributed by atoms with E-state index in [1.54, 1.807) is 0 Å². The lowest BCUT2D eigenvalue weighted by Gasteiger charge is -2.21. The van der Waals surface area contributed by atoms with Crippen LogP contribution in [0, 0.1) is 11.8 Å². The van der Waals surface area contributed by atoms with Crippen LogP contribution in [0.5, 0.6) is 0 Å². The van der Waals surface area contributed by atoms with Crippen molar-refractivity contribution in [1.29, 1.82) is 0 Å². The highest BCUT2D eigenvalue weighted by molar-refractivity contribution is 7.47. The van der Waals surface area contributed by atoms with Gasteiger partial charge in [0.25, 0.3) is 0 Å². The minimum Gasteiger partial charge on any atom is -0.462 e. The van der Waals surface area contributed by atoms with E-state index in [1.807, 2.05) is 0 Å². The zero-order valence-corrected chi connectivity index (χ0v) is 70.1. The van der Waals surface area contributed by atoms with Gasteiger partial charge in [-0.1, -0.05) is 401 Å². The molecule has 0 aliphatic rings. The topological polar surface area (TPSA) is 237 Å². The summed E-state index contributed by atoms with van der Waals surface area (Å²) in [5, 5.41) is 10.6. The molecule has 0 aromatic carbocycles. The number of carbonyl (C=O) groups excluding carboxylic acids is 4. The summed E-state index contributed by atoms with van der Waals surface area (Å²) >= 11 is 0. The molecular formula is C85H166O17P2. The summed E-state index contributed by atoms with van der Waals surface area (Å²) in [7, 11) is -9.92. The molecule has 618 valence electrons. The summed E-state index contributed by atoms with van der Waals surface area (Å²) < 4.78 is 68.8. The number of ether oxygens (including phenoxy) is 4. The number of phosphoric ester groups is 2. The molecule has 0 spiro atoms. The second kappa shape index (κ2) is 76.4. The molecule has 0 aliphatic carbocycles. The third kappa shape index (κ3) is 76.8. The molecule has 0 saturated heterocycles. The molecule has 0 radical (unpaired) electrons. The normalized spacial score (nSPS) is 14.1. The fraction of sp³-hybridized carbons (Fsp3) is 0.953. The number of unbranched alkanes of at least 4 members (excludes halogenated alkanes) is 53. The number of aliphatic hydroxyl groups excluding tert-OH is 1. The number of rotatable bonds is 84. The molecular weight excluding hydrogens is 1350 g/mol. The predicted octanol–water partition coefficient (Wildman–Crippen LogP) is 25.8. The molecule has 0 aromatic heterocycles. The Morgan fingerprint density at radius 1 is 0.279 bits per heavy atom. The van der Waals surface area contributed by atoms with Crippen LogP contribution in [0.15, 0.2) is 0 Å². The van der Waals surface area contributed by atoms with Crippen LogP contribution in [0.25, 0.3) is 0 Å². The van der Waals surface area contributed by atoms with Crippen LogP contribution in [0.4, 0.5) is 0 Å². The summed E-state index contributed by atoms with van der Waals surface area (Å²) in [4.78, 5) is 73.1. The average molecular weight is 1520 g/mol. The Bertz CT molecular complexity index is 2000. The van der Waals surface area contributed by atoms with Crippen molar-refractivity contribution < 1.29 is 80.2 Å². The smallest absolute Gasteiger partial charge is 0.462 e. The summed E-state index contributed by atoms with van der Waals surface area (Å²) in [5.74, 6) is -0.500. The molecule has 3 unspecified atom stereocenters.